The fraction of sp³-hybridized carbons (Fsp3) is 0.154. The number of benzene rings is 1. The number of halogens is 3. The maximum Gasteiger partial charge on any atom is 0.416 e. The van der Waals surface area contributed by atoms with Crippen LogP contribution in [-0.4, -0.2) is 11.1 Å². The third-order valence-electron chi connectivity index (χ3n) is 2.96. The third-order valence-corrected chi connectivity index (χ3v) is 4.16. The first-order valence-electron chi connectivity index (χ1n) is 5.56. The van der Waals surface area contributed by atoms with E-state index >= 15 is 0 Å². The molecule has 0 unspecified atom stereocenters. The number of hydrogen-bond donors (Lipinski definition) is 1. The van der Waals surface area contributed by atoms with Crippen LogP contribution in [0.3, 0.4) is 0 Å². The lowest BCUT2D eigenvalue weighted by molar-refractivity contribution is -0.137. The molecule has 0 amide bonds. The summed E-state index contributed by atoms with van der Waals surface area (Å²) in [4.78, 5) is 11.7. The SMILES string of the molecule is O=C(O)c1cc2c(s1)-c1ccc(C(F)(F)F)cc1OC2. The Kier molecular flexibility index (Phi) is 2.75. The molecule has 2 heterocycles. The zero-order valence-corrected chi connectivity index (χ0v) is 10.6. The molecule has 0 radical (unpaired) electrons. The second-order valence-corrected chi connectivity index (χ2v) is 5.32. The highest BCUT2D eigenvalue weighted by Crippen LogP contribution is 2.44. The Hall–Kier alpha value is -2.02. The van der Waals surface area contributed by atoms with Gasteiger partial charge in [0.2, 0.25) is 0 Å². The van der Waals surface area contributed by atoms with Crippen molar-refractivity contribution in [2.75, 3.05) is 0 Å². The molecular formula is C13H7F3O3S. The van der Waals surface area contributed by atoms with Crippen molar-refractivity contribution in [3.63, 3.8) is 0 Å². The van der Waals surface area contributed by atoms with E-state index in [4.69, 9.17) is 9.84 Å². The van der Waals surface area contributed by atoms with Gasteiger partial charge >= 0.3 is 12.1 Å². The van der Waals surface area contributed by atoms with Crippen molar-refractivity contribution in [3.8, 4) is 16.2 Å². The van der Waals surface area contributed by atoms with Crippen LogP contribution in [0.15, 0.2) is 24.3 Å². The Morgan fingerprint density at radius 2 is 2.05 bits per heavy atom. The van der Waals surface area contributed by atoms with Gasteiger partial charge in [0.25, 0.3) is 0 Å². The van der Waals surface area contributed by atoms with Crippen molar-refractivity contribution in [2.24, 2.45) is 0 Å². The summed E-state index contributed by atoms with van der Waals surface area (Å²) in [6.07, 6.45) is -4.43. The number of rotatable bonds is 1. The minimum absolute atomic E-state index is 0.0768. The normalized spacial score (nSPS) is 13.3. The number of hydrogen-bond acceptors (Lipinski definition) is 3. The zero-order chi connectivity index (χ0) is 14.5. The number of carboxylic acid groups (broad SMARTS) is 1. The number of carboxylic acids is 1. The lowest BCUT2D eigenvalue weighted by Gasteiger charge is -2.19. The molecule has 1 aliphatic rings. The summed E-state index contributed by atoms with van der Waals surface area (Å²) < 4.78 is 43.2. The molecule has 3 rings (SSSR count). The van der Waals surface area contributed by atoms with Crippen molar-refractivity contribution in [2.45, 2.75) is 12.8 Å². The summed E-state index contributed by atoms with van der Waals surface area (Å²) in [5.74, 6) is -0.927. The topological polar surface area (TPSA) is 46.5 Å². The molecule has 1 N–H and O–H groups in total. The van der Waals surface area contributed by atoms with Crippen LogP contribution < -0.4 is 4.74 Å². The molecule has 0 bridgehead atoms. The maximum absolute atomic E-state index is 12.6. The standard InChI is InChI=1S/C13H7F3O3S/c14-13(15,16)7-1-2-8-9(4-7)19-5-6-3-10(12(17)18)20-11(6)8/h1-4H,5H2,(H,17,18). The van der Waals surface area contributed by atoms with Gasteiger partial charge < -0.3 is 9.84 Å². The fourth-order valence-corrected chi connectivity index (χ4v) is 3.07. The molecule has 1 aliphatic heterocycles. The van der Waals surface area contributed by atoms with Crippen LogP contribution in [0.25, 0.3) is 10.4 Å². The van der Waals surface area contributed by atoms with E-state index in [9.17, 15) is 18.0 Å². The van der Waals surface area contributed by atoms with Gasteiger partial charge in [-0.3, -0.25) is 0 Å². The van der Waals surface area contributed by atoms with Gasteiger partial charge in [0.05, 0.1) is 5.56 Å². The molecular weight excluding hydrogens is 293 g/mol. The predicted molar refractivity (Wildman–Crippen MR) is 66.0 cm³/mol. The van der Waals surface area contributed by atoms with E-state index in [-0.39, 0.29) is 17.2 Å². The molecule has 0 spiro atoms. The van der Waals surface area contributed by atoms with E-state index in [1.54, 1.807) is 0 Å². The van der Waals surface area contributed by atoms with Crippen molar-refractivity contribution >= 4 is 17.3 Å². The second-order valence-electron chi connectivity index (χ2n) is 4.27. The molecule has 104 valence electrons. The molecule has 0 saturated carbocycles. The van der Waals surface area contributed by atoms with Gasteiger partial charge in [0.1, 0.15) is 17.2 Å². The highest BCUT2D eigenvalue weighted by atomic mass is 32.1. The van der Waals surface area contributed by atoms with Gasteiger partial charge in [-0.2, -0.15) is 13.2 Å². The molecule has 0 atom stereocenters. The van der Waals surface area contributed by atoms with Gasteiger partial charge in [-0.15, -0.1) is 11.3 Å². The Balaban J connectivity index is 2.11. The molecule has 1 aromatic heterocycles. The Morgan fingerprint density at radius 1 is 1.30 bits per heavy atom. The predicted octanol–water partition coefficient (Wildman–Crippen LogP) is 4.02. The van der Waals surface area contributed by atoms with Gasteiger partial charge in [-0.05, 0) is 24.3 Å². The molecule has 2 aromatic rings. The summed E-state index contributed by atoms with van der Waals surface area (Å²) >= 11 is 1.04. The van der Waals surface area contributed by atoms with E-state index in [0.717, 1.165) is 23.5 Å². The Bertz CT molecular complexity index is 703. The summed E-state index contributed by atoms with van der Waals surface area (Å²) in [6, 6.07) is 4.72. The average molecular weight is 300 g/mol. The van der Waals surface area contributed by atoms with E-state index in [1.165, 1.54) is 12.1 Å². The highest BCUT2D eigenvalue weighted by Gasteiger charge is 2.32. The van der Waals surface area contributed by atoms with Gasteiger partial charge in [0.15, 0.2) is 0 Å². The molecule has 0 fully saturated rings. The van der Waals surface area contributed by atoms with Crippen LogP contribution >= 0.6 is 11.3 Å². The van der Waals surface area contributed by atoms with Gasteiger partial charge in [0, 0.05) is 16.0 Å². The fourth-order valence-electron chi connectivity index (χ4n) is 2.03. The lowest BCUT2D eigenvalue weighted by Crippen LogP contribution is -2.08. The number of aromatic carboxylic acids is 1. The maximum atomic E-state index is 12.6. The van der Waals surface area contributed by atoms with Crippen LogP contribution in [0.4, 0.5) is 13.2 Å². The minimum atomic E-state index is -4.43. The number of fused-ring (bicyclic) bond motifs is 3. The first-order chi connectivity index (χ1) is 9.36. The van der Waals surface area contributed by atoms with Crippen molar-refractivity contribution < 1.29 is 27.8 Å². The summed E-state index contributed by atoms with van der Waals surface area (Å²) in [5, 5.41) is 8.95. The minimum Gasteiger partial charge on any atom is -0.488 e. The third kappa shape index (κ3) is 2.03. The van der Waals surface area contributed by atoms with Crippen molar-refractivity contribution in [1.29, 1.82) is 0 Å². The van der Waals surface area contributed by atoms with E-state index in [0.29, 0.717) is 16.0 Å². The molecule has 1 aromatic carbocycles. The number of thiophene rings is 1. The summed E-state index contributed by atoms with van der Waals surface area (Å²) in [6.45, 7) is 0.0768. The number of alkyl halides is 3. The Labute approximate surface area is 115 Å². The monoisotopic (exact) mass is 300 g/mol. The van der Waals surface area contributed by atoms with Crippen LogP contribution in [0.1, 0.15) is 20.8 Å². The second kappa shape index (κ2) is 4.24. The van der Waals surface area contributed by atoms with Gasteiger partial charge in [-0.1, -0.05) is 0 Å². The molecule has 3 nitrogen and oxygen atoms in total. The lowest BCUT2D eigenvalue weighted by atomic mass is 10.0. The van der Waals surface area contributed by atoms with Crippen LogP contribution in [0, 0.1) is 0 Å². The van der Waals surface area contributed by atoms with E-state index in [1.807, 2.05) is 0 Å². The van der Waals surface area contributed by atoms with Gasteiger partial charge in [-0.25, -0.2) is 4.79 Å². The average Bonchev–Trinajstić information content (AvgIpc) is 2.81. The van der Waals surface area contributed by atoms with Crippen LogP contribution in [0.2, 0.25) is 0 Å². The quantitative estimate of drug-likeness (QED) is 0.865. The van der Waals surface area contributed by atoms with Crippen LogP contribution in [-0.2, 0) is 12.8 Å². The smallest absolute Gasteiger partial charge is 0.416 e. The van der Waals surface area contributed by atoms with E-state index < -0.39 is 17.7 Å². The first-order valence-corrected chi connectivity index (χ1v) is 6.38. The largest absolute Gasteiger partial charge is 0.488 e. The number of ether oxygens (including phenoxy) is 1. The van der Waals surface area contributed by atoms with Crippen LogP contribution in [0.5, 0.6) is 5.75 Å². The molecule has 7 heteroatoms. The summed E-state index contributed by atoms with van der Waals surface area (Å²) in [7, 11) is 0. The van der Waals surface area contributed by atoms with Crippen molar-refractivity contribution in [3.05, 3.63) is 40.3 Å². The highest BCUT2D eigenvalue weighted by molar-refractivity contribution is 7.17. The molecule has 20 heavy (non-hydrogen) atoms. The molecule has 0 saturated heterocycles. The summed E-state index contributed by atoms with van der Waals surface area (Å²) in [5.41, 5.74) is 0.395. The Morgan fingerprint density at radius 3 is 2.70 bits per heavy atom. The van der Waals surface area contributed by atoms with E-state index in [2.05, 4.69) is 0 Å². The molecule has 0 aliphatic carbocycles. The first kappa shape index (κ1) is 13.0. The van der Waals surface area contributed by atoms with Crippen molar-refractivity contribution in [1.82, 2.24) is 0 Å². The zero-order valence-electron chi connectivity index (χ0n) is 9.82. The number of carbonyl (C=O) groups is 1.